The molecule has 0 fully saturated rings. The van der Waals surface area contributed by atoms with Crippen LogP contribution in [0.1, 0.15) is 45.3 Å². The maximum atomic E-state index is 5.05. The maximum Gasteiger partial charge on any atom is 0.0985 e. The highest BCUT2D eigenvalue weighted by atomic mass is 32.1. The van der Waals surface area contributed by atoms with Crippen molar-refractivity contribution >= 4 is 17.4 Å². The van der Waals surface area contributed by atoms with Crippen LogP contribution in [0.3, 0.4) is 0 Å². The Morgan fingerprint density at radius 1 is 1.45 bits per heavy atom. The Morgan fingerprint density at radius 2 is 2.15 bits per heavy atom. The summed E-state index contributed by atoms with van der Waals surface area (Å²) in [6.45, 7) is 13.6. The number of thiazole rings is 1. The molecule has 0 aliphatic rings. The maximum absolute atomic E-state index is 5.05. The molecule has 0 spiro atoms. The first kappa shape index (κ1) is 17.3. The number of methoxy groups -OCH3 is 1. The molecule has 4 heteroatoms. The third kappa shape index (κ3) is 5.73. The van der Waals surface area contributed by atoms with Gasteiger partial charge in [0, 0.05) is 31.0 Å². The van der Waals surface area contributed by atoms with Gasteiger partial charge in [0.05, 0.1) is 17.3 Å². The number of nitrogens with one attached hydrogen (secondary N) is 1. The highest BCUT2D eigenvalue weighted by Crippen LogP contribution is 2.26. The van der Waals surface area contributed by atoms with Crippen LogP contribution >= 0.6 is 11.3 Å². The van der Waals surface area contributed by atoms with Gasteiger partial charge in [0.1, 0.15) is 0 Å². The standard InChI is InChI=1S/C16H28N2OS/c1-12(2)13(10-17-7-8-19-6)9-14-11-20-15(18-14)16(3,4)5/h9,11-12,17H,7-8,10H2,1-6H3. The Kier molecular flexibility index (Phi) is 6.86. The summed E-state index contributed by atoms with van der Waals surface area (Å²) in [4.78, 5) is 4.74. The average molecular weight is 296 g/mol. The van der Waals surface area contributed by atoms with E-state index in [9.17, 15) is 0 Å². The van der Waals surface area contributed by atoms with Gasteiger partial charge in [-0.1, -0.05) is 40.2 Å². The minimum atomic E-state index is 0.130. The molecule has 114 valence electrons. The van der Waals surface area contributed by atoms with Crippen molar-refractivity contribution in [2.24, 2.45) is 5.92 Å². The van der Waals surface area contributed by atoms with Gasteiger partial charge in [0.2, 0.25) is 0 Å². The Bertz CT molecular complexity index is 430. The van der Waals surface area contributed by atoms with Crippen molar-refractivity contribution in [2.45, 2.75) is 40.0 Å². The van der Waals surface area contributed by atoms with Crippen molar-refractivity contribution in [1.82, 2.24) is 10.3 Å². The summed E-state index contributed by atoms with van der Waals surface area (Å²) < 4.78 is 5.05. The highest BCUT2D eigenvalue weighted by Gasteiger charge is 2.17. The lowest BCUT2D eigenvalue weighted by Gasteiger charge is -2.14. The number of aromatic nitrogens is 1. The number of hydrogen-bond donors (Lipinski definition) is 1. The van der Waals surface area contributed by atoms with Gasteiger partial charge in [-0.25, -0.2) is 4.98 Å². The van der Waals surface area contributed by atoms with Crippen LogP contribution in [0, 0.1) is 5.92 Å². The second-order valence-corrected chi connectivity index (χ2v) is 7.23. The largest absolute Gasteiger partial charge is 0.383 e. The highest BCUT2D eigenvalue weighted by molar-refractivity contribution is 7.09. The van der Waals surface area contributed by atoms with Crippen LogP contribution in [-0.4, -0.2) is 31.8 Å². The molecule has 0 saturated carbocycles. The van der Waals surface area contributed by atoms with Gasteiger partial charge in [-0.2, -0.15) is 0 Å². The first-order chi connectivity index (χ1) is 9.34. The monoisotopic (exact) mass is 296 g/mol. The van der Waals surface area contributed by atoms with Crippen LogP contribution in [0.25, 0.3) is 6.08 Å². The summed E-state index contributed by atoms with van der Waals surface area (Å²) in [5.41, 5.74) is 2.59. The topological polar surface area (TPSA) is 34.1 Å². The summed E-state index contributed by atoms with van der Waals surface area (Å²) in [6, 6.07) is 0. The van der Waals surface area contributed by atoms with Crippen molar-refractivity contribution in [2.75, 3.05) is 26.8 Å². The molecule has 0 aliphatic heterocycles. The van der Waals surface area contributed by atoms with Gasteiger partial charge < -0.3 is 10.1 Å². The first-order valence-corrected chi connectivity index (χ1v) is 8.08. The zero-order valence-electron chi connectivity index (χ0n) is 13.6. The molecular formula is C16H28N2OS. The molecular weight excluding hydrogens is 268 g/mol. The van der Waals surface area contributed by atoms with E-state index < -0.39 is 0 Å². The molecule has 1 aromatic rings. The van der Waals surface area contributed by atoms with E-state index in [0.717, 1.165) is 25.4 Å². The van der Waals surface area contributed by atoms with Gasteiger partial charge >= 0.3 is 0 Å². The van der Waals surface area contributed by atoms with Gasteiger partial charge in [-0.05, 0) is 12.0 Å². The molecule has 0 amide bonds. The van der Waals surface area contributed by atoms with Crippen molar-refractivity contribution < 1.29 is 4.74 Å². The third-order valence-corrected chi connectivity index (χ3v) is 4.34. The normalized spacial score (nSPS) is 13.2. The van der Waals surface area contributed by atoms with Gasteiger partial charge in [-0.15, -0.1) is 11.3 Å². The zero-order chi connectivity index (χ0) is 15.2. The molecule has 1 heterocycles. The fourth-order valence-electron chi connectivity index (χ4n) is 1.72. The molecule has 0 saturated heterocycles. The van der Waals surface area contributed by atoms with E-state index >= 15 is 0 Å². The fourth-order valence-corrected chi connectivity index (χ4v) is 2.58. The average Bonchev–Trinajstić information content (AvgIpc) is 2.81. The Hall–Kier alpha value is -0.710. The van der Waals surface area contributed by atoms with Crippen LogP contribution in [-0.2, 0) is 10.2 Å². The second kappa shape index (κ2) is 7.91. The third-order valence-electron chi connectivity index (χ3n) is 3.05. The van der Waals surface area contributed by atoms with Gasteiger partial charge in [-0.3, -0.25) is 0 Å². The van der Waals surface area contributed by atoms with Crippen molar-refractivity contribution in [3.8, 4) is 0 Å². The van der Waals surface area contributed by atoms with E-state index in [4.69, 9.17) is 9.72 Å². The minimum Gasteiger partial charge on any atom is -0.383 e. The van der Waals surface area contributed by atoms with Crippen LogP contribution in [0.2, 0.25) is 0 Å². The summed E-state index contributed by atoms with van der Waals surface area (Å²) in [5, 5.41) is 6.75. The van der Waals surface area contributed by atoms with Gasteiger partial charge in [0.25, 0.3) is 0 Å². The Balaban J connectivity index is 2.73. The SMILES string of the molecule is COCCNCC(=Cc1csc(C(C)(C)C)n1)C(C)C. The van der Waals surface area contributed by atoms with Crippen LogP contribution in [0.15, 0.2) is 11.0 Å². The smallest absolute Gasteiger partial charge is 0.0985 e. The number of nitrogens with zero attached hydrogens (tertiary/aromatic N) is 1. The van der Waals surface area contributed by atoms with E-state index in [0.29, 0.717) is 5.92 Å². The quantitative estimate of drug-likeness (QED) is 0.779. The molecule has 1 N–H and O–H groups in total. The molecule has 1 rings (SSSR count). The summed E-state index contributed by atoms with van der Waals surface area (Å²) in [7, 11) is 1.73. The molecule has 1 aromatic heterocycles. The molecule has 0 atom stereocenters. The fraction of sp³-hybridized carbons (Fsp3) is 0.688. The molecule has 0 aliphatic carbocycles. The molecule has 3 nitrogen and oxygen atoms in total. The molecule has 20 heavy (non-hydrogen) atoms. The van der Waals surface area contributed by atoms with Gasteiger partial charge in [0.15, 0.2) is 0 Å². The Morgan fingerprint density at radius 3 is 2.65 bits per heavy atom. The van der Waals surface area contributed by atoms with Crippen LogP contribution in [0.4, 0.5) is 0 Å². The molecule has 0 unspecified atom stereocenters. The summed E-state index contributed by atoms with van der Waals surface area (Å²) >= 11 is 1.75. The molecule has 0 radical (unpaired) electrons. The predicted octanol–water partition coefficient (Wildman–Crippen LogP) is 3.72. The minimum absolute atomic E-state index is 0.130. The zero-order valence-corrected chi connectivity index (χ0v) is 14.4. The lowest BCUT2D eigenvalue weighted by Crippen LogP contribution is -2.23. The van der Waals surface area contributed by atoms with Crippen molar-refractivity contribution in [3.63, 3.8) is 0 Å². The number of ether oxygens (including phenoxy) is 1. The van der Waals surface area contributed by atoms with E-state index in [-0.39, 0.29) is 5.41 Å². The van der Waals surface area contributed by atoms with E-state index in [1.54, 1.807) is 18.4 Å². The van der Waals surface area contributed by atoms with Crippen molar-refractivity contribution in [3.05, 3.63) is 21.7 Å². The molecule has 0 aromatic carbocycles. The van der Waals surface area contributed by atoms with Crippen LogP contribution in [0.5, 0.6) is 0 Å². The lowest BCUT2D eigenvalue weighted by atomic mass is 9.98. The molecule has 0 bridgehead atoms. The predicted molar refractivity (Wildman–Crippen MR) is 88.4 cm³/mol. The Labute approximate surface area is 127 Å². The van der Waals surface area contributed by atoms with E-state index in [1.165, 1.54) is 10.6 Å². The lowest BCUT2D eigenvalue weighted by molar-refractivity contribution is 0.200. The number of hydrogen-bond acceptors (Lipinski definition) is 4. The van der Waals surface area contributed by atoms with Crippen LogP contribution < -0.4 is 5.32 Å². The van der Waals surface area contributed by atoms with Crippen molar-refractivity contribution in [1.29, 1.82) is 0 Å². The summed E-state index contributed by atoms with van der Waals surface area (Å²) in [5.74, 6) is 0.518. The summed E-state index contributed by atoms with van der Waals surface area (Å²) in [6.07, 6.45) is 2.22. The van der Waals surface area contributed by atoms with E-state index in [2.05, 4.69) is 51.4 Å². The number of rotatable bonds is 7. The first-order valence-electron chi connectivity index (χ1n) is 7.20. The second-order valence-electron chi connectivity index (χ2n) is 6.37. The van der Waals surface area contributed by atoms with E-state index in [1.807, 2.05) is 0 Å².